The van der Waals surface area contributed by atoms with Crippen molar-refractivity contribution in [2.75, 3.05) is 13.2 Å². The van der Waals surface area contributed by atoms with E-state index in [4.69, 9.17) is 9.84 Å². The van der Waals surface area contributed by atoms with Gasteiger partial charge in [0.1, 0.15) is 0 Å². The molecule has 0 spiro atoms. The number of nitrogens with zero attached hydrogens (tertiary/aromatic N) is 1. The summed E-state index contributed by atoms with van der Waals surface area (Å²) in [5.74, 6) is -1.08. The Morgan fingerprint density at radius 1 is 1.42 bits per heavy atom. The zero-order valence-corrected chi connectivity index (χ0v) is 10.9. The molecule has 6 nitrogen and oxygen atoms in total. The number of hydrogen-bond donors (Lipinski definition) is 1. The first kappa shape index (κ1) is 13.8. The maximum absolute atomic E-state index is 11.0. The molecule has 0 aromatic heterocycles. The lowest BCUT2D eigenvalue weighted by Gasteiger charge is -2.21. The van der Waals surface area contributed by atoms with E-state index in [1.54, 1.807) is 0 Å². The number of nitro groups is 1. The van der Waals surface area contributed by atoms with Crippen LogP contribution in [0, 0.1) is 10.1 Å². The molecule has 1 N–H and O–H groups in total. The van der Waals surface area contributed by atoms with Crippen LogP contribution in [0.1, 0.15) is 23.2 Å². The molecule has 2 rings (SSSR count). The van der Waals surface area contributed by atoms with Crippen LogP contribution in [-0.2, 0) is 4.74 Å². The molecule has 1 saturated heterocycles. The highest BCUT2D eigenvalue weighted by Crippen LogP contribution is 2.36. The van der Waals surface area contributed by atoms with Gasteiger partial charge in [-0.3, -0.25) is 10.1 Å². The van der Waals surface area contributed by atoms with E-state index in [2.05, 4.69) is 0 Å². The van der Waals surface area contributed by atoms with Crippen LogP contribution in [0.15, 0.2) is 23.1 Å². The molecule has 0 unspecified atom stereocenters. The lowest BCUT2D eigenvalue weighted by molar-refractivity contribution is -0.387. The van der Waals surface area contributed by atoms with Crippen molar-refractivity contribution in [3.63, 3.8) is 0 Å². The highest BCUT2D eigenvalue weighted by molar-refractivity contribution is 8.00. The average Bonchev–Trinajstić information content (AvgIpc) is 2.39. The number of carboxylic acid groups (broad SMARTS) is 1. The normalized spacial score (nSPS) is 16.2. The summed E-state index contributed by atoms with van der Waals surface area (Å²) >= 11 is 1.37. The Morgan fingerprint density at radius 2 is 2.11 bits per heavy atom. The van der Waals surface area contributed by atoms with Gasteiger partial charge in [0, 0.05) is 24.5 Å². The van der Waals surface area contributed by atoms with E-state index in [9.17, 15) is 14.9 Å². The first-order valence-electron chi connectivity index (χ1n) is 5.84. The third-order valence-corrected chi connectivity index (χ3v) is 4.25. The van der Waals surface area contributed by atoms with Gasteiger partial charge in [0.2, 0.25) is 0 Å². The SMILES string of the molecule is O=C(O)c1ccc([N+](=O)[O-])c(SC2CCOCC2)c1. The summed E-state index contributed by atoms with van der Waals surface area (Å²) in [5.41, 5.74) is 0.0293. The van der Waals surface area contributed by atoms with E-state index in [1.807, 2.05) is 0 Å². The highest BCUT2D eigenvalue weighted by Gasteiger charge is 2.22. The van der Waals surface area contributed by atoms with Gasteiger partial charge >= 0.3 is 5.97 Å². The van der Waals surface area contributed by atoms with Crippen molar-refractivity contribution in [2.24, 2.45) is 0 Å². The van der Waals surface area contributed by atoms with E-state index in [0.717, 1.165) is 12.8 Å². The van der Waals surface area contributed by atoms with Crippen molar-refractivity contribution in [2.45, 2.75) is 23.0 Å². The van der Waals surface area contributed by atoms with Crippen LogP contribution < -0.4 is 0 Å². The molecule has 1 aromatic rings. The molecule has 0 saturated carbocycles. The number of nitro benzene ring substituents is 1. The predicted octanol–water partition coefficient (Wildman–Crippen LogP) is 2.56. The smallest absolute Gasteiger partial charge is 0.335 e. The Balaban J connectivity index is 2.26. The monoisotopic (exact) mass is 283 g/mol. The number of rotatable bonds is 4. The van der Waals surface area contributed by atoms with Gasteiger partial charge in [0.15, 0.2) is 0 Å². The molecule has 0 bridgehead atoms. The minimum atomic E-state index is -1.08. The molecule has 0 aliphatic carbocycles. The van der Waals surface area contributed by atoms with E-state index in [0.29, 0.717) is 18.1 Å². The van der Waals surface area contributed by atoms with Crippen LogP contribution in [0.3, 0.4) is 0 Å². The molecule has 0 radical (unpaired) electrons. The zero-order valence-electron chi connectivity index (χ0n) is 10.1. The minimum Gasteiger partial charge on any atom is -0.478 e. The summed E-state index contributed by atoms with van der Waals surface area (Å²) < 4.78 is 5.24. The van der Waals surface area contributed by atoms with Crippen LogP contribution in [0.2, 0.25) is 0 Å². The summed E-state index contributed by atoms with van der Waals surface area (Å²) in [6.45, 7) is 1.29. The van der Waals surface area contributed by atoms with Crippen molar-refractivity contribution in [3.05, 3.63) is 33.9 Å². The molecule has 1 aliphatic rings. The van der Waals surface area contributed by atoms with Gasteiger partial charge in [-0.15, -0.1) is 11.8 Å². The van der Waals surface area contributed by atoms with Gasteiger partial charge in [-0.25, -0.2) is 4.79 Å². The average molecular weight is 283 g/mol. The summed E-state index contributed by atoms with van der Waals surface area (Å²) in [7, 11) is 0. The Bertz CT molecular complexity index is 499. The van der Waals surface area contributed by atoms with Gasteiger partial charge < -0.3 is 9.84 Å². The Kier molecular flexibility index (Phi) is 4.39. The summed E-state index contributed by atoms with van der Waals surface area (Å²) in [6, 6.07) is 3.89. The fourth-order valence-electron chi connectivity index (χ4n) is 1.87. The molecule has 1 aromatic carbocycles. The van der Waals surface area contributed by atoms with Crippen molar-refractivity contribution in [3.8, 4) is 0 Å². The molecular weight excluding hydrogens is 270 g/mol. The van der Waals surface area contributed by atoms with Crippen LogP contribution in [-0.4, -0.2) is 34.5 Å². The van der Waals surface area contributed by atoms with Gasteiger partial charge in [0.05, 0.1) is 15.4 Å². The van der Waals surface area contributed by atoms with Gasteiger partial charge in [-0.1, -0.05) is 0 Å². The summed E-state index contributed by atoms with van der Waals surface area (Å²) in [4.78, 5) is 21.8. The molecule has 0 atom stereocenters. The van der Waals surface area contributed by atoms with Crippen LogP contribution in [0.25, 0.3) is 0 Å². The quantitative estimate of drug-likeness (QED) is 0.674. The number of aromatic carboxylic acids is 1. The number of thioether (sulfide) groups is 1. The predicted molar refractivity (Wildman–Crippen MR) is 69.8 cm³/mol. The van der Waals surface area contributed by atoms with Crippen molar-refractivity contribution >= 4 is 23.4 Å². The molecular formula is C12H13NO5S. The number of ether oxygens (including phenoxy) is 1. The minimum absolute atomic E-state index is 0.0403. The second kappa shape index (κ2) is 6.03. The molecule has 1 fully saturated rings. The standard InChI is InChI=1S/C12H13NO5S/c14-12(15)8-1-2-10(13(16)17)11(7-8)19-9-3-5-18-6-4-9/h1-2,7,9H,3-6H2,(H,14,15). The highest BCUT2D eigenvalue weighted by atomic mass is 32.2. The number of carboxylic acids is 1. The molecule has 19 heavy (non-hydrogen) atoms. The first-order chi connectivity index (χ1) is 9.08. The van der Waals surface area contributed by atoms with Crippen LogP contribution >= 0.6 is 11.8 Å². The van der Waals surface area contributed by atoms with E-state index in [1.165, 1.54) is 30.0 Å². The molecule has 102 valence electrons. The van der Waals surface area contributed by atoms with E-state index >= 15 is 0 Å². The topological polar surface area (TPSA) is 89.7 Å². The van der Waals surface area contributed by atoms with Gasteiger partial charge in [0.25, 0.3) is 5.69 Å². The number of benzene rings is 1. The first-order valence-corrected chi connectivity index (χ1v) is 6.72. The molecule has 7 heteroatoms. The molecule has 1 heterocycles. The number of hydrogen-bond acceptors (Lipinski definition) is 5. The Morgan fingerprint density at radius 3 is 2.68 bits per heavy atom. The number of carbonyl (C=O) groups is 1. The lowest BCUT2D eigenvalue weighted by Crippen LogP contribution is -2.17. The van der Waals surface area contributed by atoms with Crippen LogP contribution in [0.5, 0.6) is 0 Å². The Hall–Kier alpha value is -1.60. The Labute approximate surface area is 113 Å². The summed E-state index contributed by atoms with van der Waals surface area (Å²) in [5, 5.41) is 20.1. The van der Waals surface area contributed by atoms with Crippen molar-refractivity contribution < 1.29 is 19.6 Å². The fraction of sp³-hybridized carbons (Fsp3) is 0.417. The molecule has 0 amide bonds. The maximum Gasteiger partial charge on any atom is 0.335 e. The maximum atomic E-state index is 11.0. The van der Waals surface area contributed by atoms with Gasteiger partial charge in [-0.2, -0.15) is 0 Å². The third kappa shape index (κ3) is 3.45. The largest absolute Gasteiger partial charge is 0.478 e. The van der Waals surface area contributed by atoms with Crippen molar-refractivity contribution in [1.82, 2.24) is 0 Å². The van der Waals surface area contributed by atoms with E-state index < -0.39 is 10.9 Å². The van der Waals surface area contributed by atoms with Crippen molar-refractivity contribution in [1.29, 1.82) is 0 Å². The van der Waals surface area contributed by atoms with E-state index in [-0.39, 0.29) is 16.5 Å². The zero-order chi connectivity index (χ0) is 13.8. The molecule has 1 aliphatic heterocycles. The summed E-state index contributed by atoms with van der Waals surface area (Å²) in [6.07, 6.45) is 1.64. The third-order valence-electron chi connectivity index (χ3n) is 2.87. The second-order valence-electron chi connectivity index (χ2n) is 4.17. The lowest BCUT2D eigenvalue weighted by atomic mass is 10.2. The van der Waals surface area contributed by atoms with Gasteiger partial charge in [-0.05, 0) is 25.0 Å². The van der Waals surface area contributed by atoms with Crippen LogP contribution in [0.4, 0.5) is 5.69 Å². The second-order valence-corrected chi connectivity index (χ2v) is 5.52. The fourth-order valence-corrected chi connectivity index (χ4v) is 3.11.